The van der Waals surface area contributed by atoms with E-state index in [4.69, 9.17) is 9.15 Å². The largest absolute Gasteiger partial charge is 0.497 e. The van der Waals surface area contributed by atoms with Gasteiger partial charge in [0, 0.05) is 17.0 Å². The normalized spacial score (nSPS) is 18.7. The van der Waals surface area contributed by atoms with E-state index < -0.39 is 23.4 Å². The molecule has 4 amide bonds. The topological polar surface area (TPSA) is 101 Å². The minimum absolute atomic E-state index is 0.0237. The van der Waals surface area contributed by atoms with Crippen molar-refractivity contribution in [1.82, 2.24) is 15.8 Å². The van der Waals surface area contributed by atoms with Gasteiger partial charge < -0.3 is 14.5 Å². The van der Waals surface area contributed by atoms with Gasteiger partial charge in [-0.15, -0.1) is 0 Å². The van der Waals surface area contributed by atoms with Crippen LogP contribution in [0.25, 0.3) is 11.0 Å². The summed E-state index contributed by atoms with van der Waals surface area (Å²) in [6.07, 6.45) is 7.29. The van der Waals surface area contributed by atoms with Crippen molar-refractivity contribution in [2.24, 2.45) is 0 Å². The number of methoxy groups -OCH3 is 1. The summed E-state index contributed by atoms with van der Waals surface area (Å²) < 4.78 is 10.7. The van der Waals surface area contributed by atoms with Gasteiger partial charge in [-0.25, -0.2) is 4.79 Å². The van der Waals surface area contributed by atoms with Crippen molar-refractivity contribution in [3.63, 3.8) is 0 Å². The third-order valence-corrected chi connectivity index (χ3v) is 5.49. The number of urea groups is 1. The van der Waals surface area contributed by atoms with E-state index in [2.05, 4.69) is 17.7 Å². The van der Waals surface area contributed by atoms with Crippen LogP contribution in [0.3, 0.4) is 0 Å². The Balaban J connectivity index is 1.60. The van der Waals surface area contributed by atoms with E-state index in [9.17, 15) is 14.4 Å². The van der Waals surface area contributed by atoms with Crippen LogP contribution < -0.4 is 15.5 Å². The highest BCUT2D eigenvalue weighted by Gasteiger charge is 2.48. The van der Waals surface area contributed by atoms with Gasteiger partial charge in [0.25, 0.3) is 5.91 Å². The highest BCUT2D eigenvalue weighted by Crippen LogP contribution is 2.26. The molecule has 1 aliphatic heterocycles. The molecule has 2 aromatic rings. The van der Waals surface area contributed by atoms with Crippen molar-refractivity contribution in [3.8, 4) is 5.75 Å². The number of furan rings is 1. The van der Waals surface area contributed by atoms with E-state index in [0.717, 1.165) is 42.5 Å². The van der Waals surface area contributed by atoms with Crippen LogP contribution in [0.5, 0.6) is 5.75 Å². The second-order valence-corrected chi connectivity index (χ2v) is 7.90. The molecule has 8 nitrogen and oxygen atoms in total. The van der Waals surface area contributed by atoms with Crippen molar-refractivity contribution >= 4 is 28.8 Å². The molecule has 0 bridgehead atoms. The van der Waals surface area contributed by atoms with Crippen molar-refractivity contribution in [1.29, 1.82) is 0 Å². The molecule has 30 heavy (non-hydrogen) atoms. The Morgan fingerprint density at radius 3 is 2.73 bits per heavy atom. The third kappa shape index (κ3) is 4.58. The number of imide groups is 1. The molecule has 1 aliphatic rings. The first-order valence-electron chi connectivity index (χ1n) is 10.4. The number of unbranched alkanes of at least 4 members (excludes halogenated alkanes) is 4. The lowest BCUT2D eigenvalue weighted by atomic mass is 9.94. The molecular formula is C22H29N3O5. The maximum Gasteiger partial charge on any atom is 0.344 e. The zero-order valence-electron chi connectivity index (χ0n) is 17.7. The first-order valence-corrected chi connectivity index (χ1v) is 10.4. The zero-order chi connectivity index (χ0) is 21.7. The fourth-order valence-corrected chi connectivity index (χ4v) is 3.70. The molecule has 3 rings (SSSR count). The van der Waals surface area contributed by atoms with Crippen molar-refractivity contribution in [2.45, 2.75) is 64.3 Å². The van der Waals surface area contributed by atoms with Crippen molar-refractivity contribution in [2.75, 3.05) is 7.11 Å². The van der Waals surface area contributed by atoms with Crippen LogP contribution >= 0.6 is 0 Å². The molecule has 0 aliphatic carbocycles. The Hall–Kier alpha value is -3.03. The van der Waals surface area contributed by atoms with Crippen LogP contribution in [0.15, 0.2) is 28.9 Å². The Bertz CT molecular complexity index is 938. The molecule has 2 heterocycles. The van der Waals surface area contributed by atoms with Gasteiger partial charge in [0.05, 0.1) is 19.8 Å². The lowest BCUT2D eigenvalue weighted by molar-refractivity contribution is -0.138. The molecule has 8 heteroatoms. The van der Waals surface area contributed by atoms with E-state index in [-0.39, 0.29) is 6.42 Å². The van der Waals surface area contributed by atoms with Gasteiger partial charge in [0.15, 0.2) is 0 Å². The average molecular weight is 415 g/mol. The lowest BCUT2D eigenvalue weighted by Gasteiger charge is -2.21. The summed E-state index contributed by atoms with van der Waals surface area (Å²) in [6, 6.07) is 4.72. The van der Waals surface area contributed by atoms with Gasteiger partial charge in [0.2, 0.25) is 5.91 Å². The molecular weight excluding hydrogens is 386 g/mol. The smallest absolute Gasteiger partial charge is 0.344 e. The number of hydrogen-bond acceptors (Lipinski definition) is 5. The number of carbonyl (C=O) groups excluding carboxylic acids is 3. The van der Waals surface area contributed by atoms with E-state index in [0.29, 0.717) is 23.3 Å². The zero-order valence-corrected chi connectivity index (χ0v) is 17.7. The summed E-state index contributed by atoms with van der Waals surface area (Å²) in [6.45, 7) is 3.85. The SMILES string of the molecule is CCCCCCCC1(C)NC(=O)N(NC(=O)Cc2coc3cc(OC)ccc23)C1=O. The van der Waals surface area contributed by atoms with Crippen LogP contribution in [0.1, 0.15) is 57.9 Å². The molecule has 1 aromatic carbocycles. The third-order valence-electron chi connectivity index (χ3n) is 5.49. The van der Waals surface area contributed by atoms with E-state index in [1.165, 1.54) is 6.26 Å². The molecule has 0 radical (unpaired) electrons. The Morgan fingerprint density at radius 1 is 1.23 bits per heavy atom. The highest BCUT2D eigenvalue weighted by atomic mass is 16.5. The monoisotopic (exact) mass is 415 g/mol. The predicted octanol–water partition coefficient (Wildman–Crippen LogP) is 3.69. The lowest BCUT2D eigenvalue weighted by Crippen LogP contribution is -2.49. The number of benzene rings is 1. The van der Waals surface area contributed by atoms with Crippen LogP contribution in [0.2, 0.25) is 0 Å². The fraction of sp³-hybridized carbons (Fsp3) is 0.500. The van der Waals surface area contributed by atoms with E-state index in [1.54, 1.807) is 26.2 Å². The summed E-state index contributed by atoms with van der Waals surface area (Å²) in [5.74, 6) is -0.247. The van der Waals surface area contributed by atoms with Gasteiger partial charge >= 0.3 is 6.03 Å². The van der Waals surface area contributed by atoms with Gasteiger partial charge in [0.1, 0.15) is 16.9 Å². The van der Waals surface area contributed by atoms with Crippen molar-refractivity contribution in [3.05, 3.63) is 30.0 Å². The highest BCUT2D eigenvalue weighted by molar-refractivity contribution is 6.07. The Kier molecular flexibility index (Phi) is 6.64. The second-order valence-electron chi connectivity index (χ2n) is 7.90. The molecule has 1 aromatic heterocycles. The summed E-state index contributed by atoms with van der Waals surface area (Å²) >= 11 is 0. The summed E-state index contributed by atoms with van der Waals surface area (Å²) in [7, 11) is 1.57. The first kappa shape index (κ1) is 21.7. The Labute approximate surface area is 175 Å². The number of nitrogens with one attached hydrogen (secondary N) is 2. The maximum atomic E-state index is 12.8. The van der Waals surface area contributed by atoms with Crippen LogP contribution in [-0.4, -0.2) is 35.5 Å². The minimum atomic E-state index is -0.991. The van der Waals surface area contributed by atoms with Gasteiger partial charge in [-0.2, -0.15) is 5.01 Å². The van der Waals surface area contributed by atoms with E-state index >= 15 is 0 Å². The van der Waals surface area contributed by atoms with Gasteiger partial charge in [-0.1, -0.05) is 39.0 Å². The number of nitrogens with zero attached hydrogens (tertiary/aromatic N) is 1. The number of carbonyl (C=O) groups is 3. The molecule has 0 saturated carbocycles. The molecule has 1 unspecified atom stereocenters. The summed E-state index contributed by atoms with van der Waals surface area (Å²) in [5.41, 5.74) is 2.71. The van der Waals surface area contributed by atoms with Crippen molar-refractivity contribution < 1.29 is 23.5 Å². The number of rotatable bonds is 10. The predicted molar refractivity (Wildman–Crippen MR) is 112 cm³/mol. The average Bonchev–Trinajstić information content (AvgIpc) is 3.21. The number of ether oxygens (including phenoxy) is 1. The summed E-state index contributed by atoms with van der Waals surface area (Å²) in [5, 5.41) is 4.29. The van der Waals surface area contributed by atoms with Gasteiger partial charge in [-0.05, 0) is 25.5 Å². The number of amides is 4. The molecule has 1 atom stereocenters. The molecule has 1 saturated heterocycles. The van der Waals surface area contributed by atoms with E-state index in [1.807, 2.05) is 6.07 Å². The number of fused-ring (bicyclic) bond motifs is 1. The molecule has 162 valence electrons. The van der Waals surface area contributed by atoms with Gasteiger partial charge in [-0.3, -0.25) is 15.0 Å². The first-order chi connectivity index (χ1) is 14.4. The Morgan fingerprint density at radius 2 is 2.00 bits per heavy atom. The fourth-order valence-electron chi connectivity index (χ4n) is 3.70. The second kappa shape index (κ2) is 9.19. The van der Waals surface area contributed by atoms with Crippen LogP contribution in [-0.2, 0) is 16.0 Å². The maximum absolute atomic E-state index is 12.8. The van der Waals surface area contributed by atoms with Crippen LogP contribution in [0.4, 0.5) is 4.79 Å². The molecule has 0 spiro atoms. The minimum Gasteiger partial charge on any atom is -0.497 e. The standard InChI is InChI=1S/C22H29N3O5/c1-4-5-6-7-8-11-22(2)20(27)25(21(28)23-22)24-19(26)12-15-14-30-18-13-16(29-3)9-10-17(15)18/h9-10,13-14H,4-8,11-12H2,1-3H3,(H,23,28)(H,24,26). The number of hydrogen-bond donors (Lipinski definition) is 2. The number of hydrazine groups is 1. The van der Waals surface area contributed by atoms with Crippen LogP contribution in [0, 0.1) is 0 Å². The molecule has 1 fully saturated rings. The quantitative estimate of drug-likeness (QED) is 0.455. The summed E-state index contributed by atoms with van der Waals surface area (Å²) in [4.78, 5) is 37.6. The molecule has 2 N–H and O–H groups in total.